The van der Waals surface area contributed by atoms with Gasteiger partial charge in [0.25, 0.3) is 0 Å². The lowest BCUT2D eigenvalue weighted by molar-refractivity contribution is -0.159. The van der Waals surface area contributed by atoms with Gasteiger partial charge >= 0.3 is 11.9 Å². The van der Waals surface area contributed by atoms with Crippen LogP contribution in [0.15, 0.2) is 30.3 Å². The molecule has 0 unspecified atom stereocenters. The van der Waals surface area contributed by atoms with E-state index in [0.29, 0.717) is 19.8 Å². The highest BCUT2D eigenvalue weighted by Gasteiger charge is 2.15. The summed E-state index contributed by atoms with van der Waals surface area (Å²) in [4.78, 5) is 37.0. The van der Waals surface area contributed by atoms with Crippen LogP contribution in [0.25, 0.3) is 10.9 Å². The molecular formula is C18H21N3O6. The Balaban J connectivity index is 0.000000380. The summed E-state index contributed by atoms with van der Waals surface area (Å²) < 4.78 is 5.29. The number of fused-ring (bicyclic) bond motifs is 1. The summed E-state index contributed by atoms with van der Waals surface area (Å²) in [6.07, 6.45) is 0. The third-order valence-electron chi connectivity index (χ3n) is 3.77. The fourth-order valence-electron chi connectivity index (χ4n) is 2.56. The molecular weight excluding hydrogens is 354 g/mol. The van der Waals surface area contributed by atoms with Gasteiger partial charge in [0, 0.05) is 24.2 Å². The Labute approximate surface area is 155 Å². The molecule has 1 aliphatic rings. The molecule has 144 valence electrons. The van der Waals surface area contributed by atoms with Gasteiger partial charge in [-0.3, -0.25) is 14.7 Å². The first-order valence-electron chi connectivity index (χ1n) is 8.29. The molecule has 27 heavy (non-hydrogen) atoms. The zero-order valence-corrected chi connectivity index (χ0v) is 14.8. The lowest BCUT2D eigenvalue weighted by Gasteiger charge is -2.25. The normalized spacial score (nSPS) is 14.1. The van der Waals surface area contributed by atoms with Crippen molar-refractivity contribution in [2.45, 2.75) is 6.92 Å². The van der Waals surface area contributed by atoms with E-state index in [9.17, 15) is 4.79 Å². The van der Waals surface area contributed by atoms with Crippen molar-refractivity contribution in [3.05, 3.63) is 36.0 Å². The smallest absolute Gasteiger partial charge is 0.414 e. The summed E-state index contributed by atoms with van der Waals surface area (Å²) in [5.41, 5.74) is 2.63. The van der Waals surface area contributed by atoms with Crippen molar-refractivity contribution in [3.63, 3.8) is 0 Å². The highest BCUT2D eigenvalue weighted by molar-refractivity contribution is 6.27. The number of benzene rings is 1. The van der Waals surface area contributed by atoms with Crippen molar-refractivity contribution in [3.8, 4) is 0 Å². The number of nitrogens with zero attached hydrogens (tertiary/aromatic N) is 2. The molecule has 0 bridgehead atoms. The number of aryl methyl sites for hydroxylation is 1. The molecule has 0 atom stereocenters. The molecule has 2 aromatic rings. The molecule has 0 radical (unpaired) electrons. The second kappa shape index (κ2) is 9.60. The van der Waals surface area contributed by atoms with Crippen molar-refractivity contribution in [2.24, 2.45) is 0 Å². The van der Waals surface area contributed by atoms with Crippen LogP contribution in [0.3, 0.4) is 0 Å². The molecule has 2 heterocycles. The number of anilines is 1. The van der Waals surface area contributed by atoms with E-state index >= 15 is 0 Å². The predicted octanol–water partition coefficient (Wildman–Crippen LogP) is 0.970. The number of rotatable bonds is 3. The van der Waals surface area contributed by atoms with Crippen LogP contribution in [0.5, 0.6) is 0 Å². The summed E-state index contributed by atoms with van der Waals surface area (Å²) >= 11 is 0. The molecule has 1 amide bonds. The second-order valence-electron chi connectivity index (χ2n) is 5.88. The average molecular weight is 375 g/mol. The van der Waals surface area contributed by atoms with Crippen molar-refractivity contribution >= 4 is 34.4 Å². The van der Waals surface area contributed by atoms with Gasteiger partial charge in [-0.2, -0.15) is 0 Å². The largest absolute Gasteiger partial charge is 0.473 e. The van der Waals surface area contributed by atoms with E-state index in [1.165, 1.54) is 0 Å². The maximum absolute atomic E-state index is 12.2. The minimum absolute atomic E-state index is 0.00709. The van der Waals surface area contributed by atoms with Gasteiger partial charge < -0.3 is 20.3 Å². The number of carbonyl (C=O) groups excluding carboxylic acids is 1. The molecule has 3 N–H and O–H groups in total. The Morgan fingerprint density at radius 2 is 1.78 bits per heavy atom. The molecule has 9 nitrogen and oxygen atoms in total. The first-order chi connectivity index (χ1) is 12.9. The number of aromatic nitrogens is 1. The summed E-state index contributed by atoms with van der Waals surface area (Å²) in [5.74, 6) is -3.64. The third-order valence-corrected chi connectivity index (χ3v) is 3.77. The van der Waals surface area contributed by atoms with Crippen LogP contribution in [-0.4, -0.2) is 70.8 Å². The fraction of sp³-hybridized carbons (Fsp3) is 0.333. The molecule has 9 heteroatoms. The van der Waals surface area contributed by atoms with Crippen molar-refractivity contribution in [2.75, 3.05) is 38.2 Å². The van der Waals surface area contributed by atoms with Crippen LogP contribution in [0.2, 0.25) is 0 Å². The number of ether oxygens (including phenoxy) is 1. The Kier molecular flexibility index (Phi) is 7.21. The van der Waals surface area contributed by atoms with Crippen LogP contribution >= 0.6 is 0 Å². The van der Waals surface area contributed by atoms with Crippen molar-refractivity contribution < 1.29 is 29.3 Å². The van der Waals surface area contributed by atoms with Gasteiger partial charge in [0.15, 0.2) is 0 Å². The van der Waals surface area contributed by atoms with Crippen LogP contribution < -0.4 is 5.32 Å². The van der Waals surface area contributed by atoms with Gasteiger partial charge in [0.05, 0.1) is 31.0 Å². The Hall–Kier alpha value is -3.04. The van der Waals surface area contributed by atoms with Crippen LogP contribution in [0, 0.1) is 6.92 Å². The van der Waals surface area contributed by atoms with Gasteiger partial charge in [-0.1, -0.05) is 18.2 Å². The van der Waals surface area contributed by atoms with E-state index in [1.54, 1.807) is 0 Å². The number of para-hydroxylation sites is 1. The average Bonchev–Trinajstić information content (AvgIpc) is 2.62. The van der Waals surface area contributed by atoms with Gasteiger partial charge in [-0.05, 0) is 19.1 Å². The van der Waals surface area contributed by atoms with Gasteiger partial charge in [0.1, 0.15) is 0 Å². The molecule has 0 aliphatic carbocycles. The van der Waals surface area contributed by atoms with E-state index in [4.69, 9.17) is 24.5 Å². The molecule has 1 aliphatic heterocycles. The molecule has 3 rings (SSSR count). The number of hydrogen-bond donors (Lipinski definition) is 3. The standard InChI is InChI=1S/C16H19N3O2.C2H2O4/c1-12-10-15(13-4-2-3-5-14(13)17-12)18-16(20)11-19-6-8-21-9-7-19;3-1(4)2(5)6/h2-5,10H,6-9,11H2,1H3,(H,17,18,20);(H,3,4)(H,5,6). The van der Waals surface area contributed by atoms with Gasteiger partial charge in [-0.25, -0.2) is 9.59 Å². The molecule has 1 fully saturated rings. The van der Waals surface area contributed by atoms with Crippen molar-refractivity contribution in [1.29, 1.82) is 0 Å². The second-order valence-corrected chi connectivity index (χ2v) is 5.88. The topological polar surface area (TPSA) is 129 Å². The first kappa shape index (κ1) is 20.3. The molecule has 1 aromatic carbocycles. The van der Waals surface area contributed by atoms with Crippen molar-refractivity contribution in [1.82, 2.24) is 9.88 Å². The number of carbonyl (C=O) groups is 3. The summed E-state index contributed by atoms with van der Waals surface area (Å²) in [6.45, 7) is 5.35. The lowest BCUT2D eigenvalue weighted by atomic mass is 10.1. The van der Waals surface area contributed by atoms with Crippen LogP contribution in [0.4, 0.5) is 5.69 Å². The fourth-order valence-corrected chi connectivity index (χ4v) is 2.56. The Morgan fingerprint density at radius 3 is 2.41 bits per heavy atom. The number of morpholine rings is 1. The number of hydrogen-bond acceptors (Lipinski definition) is 6. The highest BCUT2D eigenvalue weighted by atomic mass is 16.5. The number of carboxylic acids is 2. The minimum atomic E-state index is -1.82. The zero-order chi connectivity index (χ0) is 19.8. The number of pyridine rings is 1. The third kappa shape index (κ3) is 6.32. The number of amides is 1. The monoisotopic (exact) mass is 375 g/mol. The molecule has 1 aromatic heterocycles. The van der Waals surface area contributed by atoms with E-state index in [1.807, 2.05) is 37.3 Å². The predicted molar refractivity (Wildman–Crippen MR) is 97.6 cm³/mol. The minimum Gasteiger partial charge on any atom is -0.473 e. The summed E-state index contributed by atoms with van der Waals surface area (Å²) in [6, 6.07) is 9.76. The van der Waals surface area contributed by atoms with E-state index in [2.05, 4.69) is 15.2 Å². The van der Waals surface area contributed by atoms with E-state index in [0.717, 1.165) is 35.4 Å². The maximum atomic E-state index is 12.2. The molecule has 1 saturated heterocycles. The van der Waals surface area contributed by atoms with Gasteiger partial charge in [0.2, 0.25) is 5.91 Å². The molecule has 0 saturated carbocycles. The Bertz CT molecular complexity index is 821. The van der Waals surface area contributed by atoms with Gasteiger partial charge in [-0.15, -0.1) is 0 Å². The number of nitrogens with one attached hydrogen (secondary N) is 1. The SMILES string of the molecule is Cc1cc(NC(=O)CN2CCOCC2)c2ccccc2n1.O=C(O)C(=O)O. The number of carboxylic acid groups (broad SMARTS) is 2. The first-order valence-corrected chi connectivity index (χ1v) is 8.29. The van der Waals surface area contributed by atoms with Crippen LogP contribution in [0.1, 0.15) is 5.69 Å². The highest BCUT2D eigenvalue weighted by Crippen LogP contribution is 2.22. The summed E-state index contributed by atoms with van der Waals surface area (Å²) in [5, 5.41) is 18.8. The van der Waals surface area contributed by atoms with E-state index < -0.39 is 11.9 Å². The van der Waals surface area contributed by atoms with E-state index in [-0.39, 0.29) is 5.91 Å². The quantitative estimate of drug-likeness (QED) is 0.677. The Morgan fingerprint density at radius 1 is 1.15 bits per heavy atom. The number of aliphatic carboxylic acids is 2. The molecule has 0 spiro atoms. The van der Waals surface area contributed by atoms with Crippen LogP contribution in [-0.2, 0) is 19.1 Å². The summed E-state index contributed by atoms with van der Waals surface area (Å²) in [7, 11) is 0. The maximum Gasteiger partial charge on any atom is 0.414 e. The lowest BCUT2D eigenvalue weighted by Crippen LogP contribution is -2.41. The zero-order valence-electron chi connectivity index (χ0n) is 14.8.